The van der Waals surface area contributed by atoms with Gasteiger partial charge in [-0.3, -0.25) is 19.8 Å². The van der Waals surface area contributed by atoms with Crippen molar-refractivity contribution in [1.29, 1.82) is 0 Å². The van der Waals surface area contributed by atoms with Crippen molar-refractivity contribution in [3.8, 4) is 0 Å². The first-order chi connectivity index (χ1) is 9.15. The second-order valence-corrected chi connectivity index (χ2v) is 5.14. The number of carbonyl (C=O) groups is 1. The number of rotatable bonds is 2. The minimum Gasteiger partial charge on any atom is -0.285 e. The summed E-state index contributed by atoms with van der Waals surface area (Å²) < 4.78 is 0. The second kappa shape index (κ2) is 4.51. The number of benzene rings is 1. The van der Waals surface area contributed by atoms with E-state index in [1.165, 1.54) is 12.1 Å². The maximum absolute atomic E-state index is 12.0. The molecule has 6 nitrogen and oxygen atoms in total. The Hall–Kier alpha value is -2.15. The molecule has 2 aliphatic rings. The van der Waals surface area contributed by atoms with Gasteiger partial charge in [0.25, 0.3) is 11.6 Å². The summed E-state index contributed by atoms with van der Waals surface area (Å²) in [6, 6.07) is 6.04. The minimum absolute atomic E-state index is 0.0300. The van der Waals surface area contributed by atoms with Gasteiger partial charge in [-0.15, -0.1) is 0 Å². The van der Waals surface area contributed by atoms with Crippen molar-refractivity contribution in [1.82, 2.24) is 4.90 Å². The second-order valence-electron chi connectivity index (χ2n) is 4.08. The van der Waals surface area contributed by atoms with Crippen LogP contribution >= 0.6 is 11.8 Å². The lowest BCUT2D eigenvalue weighted by atomic mass is 10.1. The molecule has 1 saturated heterocycles. The van der Waals surface area contributed by atoms with Gasteiger partial charge in [-0.25, -0.2) is 4.99 Å². The Labute approximate surface area is 113 Å². The zero-order valence-electron chi connectivity index (χ0n) is 9.78. The monoisotopic (exact) mass is 275 g/mol. The van der Waals surface area contributed by atoms with Gasteiger partial charge in [-0.1, -0.05) is 11.8 Å². The highest BCUT2D eigenvalue weighted by Crippen LogP contribution is 2.28. The highest BCUT2D eigenvalue weighted by Gasteiger charge is 2.33. The van der Waals surface area contributed by atoms with Crippen molar-refractivity contribution in [2.24, 2.45) is 4.99 Å². The van der Waals surface area contributed by atoms with E-state index >= 15 is 0 Å². The summed E-state index contributed by atoms with van der Waals surface area (Å²) in [4.78, 5) is 28.0. The predicted molar refractivity (Wildman–Crippen MR) is 72.7 cm³/mol. The molecule has 0 N–H and O–H groups in total. The van der Waals surface area contributed by atoms with Crippen LogP contribution in [0.5, 0.6) is 0 Å². The van der Waals surface area contributed by atoms with Crippen molar-refractivity contribution in [3.05, 3.63) is 45.6 Å². The summed E-state index contributed by atoms with van der Waals surface area (Å²) in [5.74, 6) is 0.786. The predicted octanol–water partition coefficient (Wildman–Crippen LogP) is 1.88. The number of amidine groups is 1. The largest absolute Gasteiger partial charge is 0.285 e. The Morgan fingerprint density at radius 1 is 1.37 bits per heavy atom. The molecule has 1 amide bonds. The van der Waals surface area contributed by atoms with Gasteiger partial charge < -0.3 is 0 Å². The third-order valence-corrected chi connectivity index (χ3v) is 3.82. The Kier molecular flexibility index (Phi) is 2.83. The van der Waals surface area contributed by atoms with Crippen LogP contribution in [0.15, 0.2) is 35.0 Å². The van der Waals surface area contributed by atoms with Gasteiger partial charge in [0.15, 0.2) is 5.17 Å². The molecule has 2 aliphatic heterocycles. The molecule has 0 atom stereocenters. The first-order valence-corrected chi connectivity index (χ1v) is 6.63. The summed E-state index contributed by atoms with van der Waals surface area (Å²) in [5, 5.41) is 11.3. The number of nitro groups is 1. The Bertz CT molecular complexity index is 622. The van der Waals surface area contributed by atoms with Crippen LogP contribution in [0.2, 0.25) is 0 Å². The van der Waals surface area contributed by atoms with Crippen molar-refractivity contribution in [3.63, 3.8) is 0 Å². The van der Waals surface area contributed by atoms with Crippen molar-refractivity contribution in [2.75, 3.05) is 12.3 Å². The molecular weight excluding hydrogens is 266 g/mol. The van der Waals surface area contributed by atoms with Gasteiger partial charge in [-0.2, -0.15) is 0 Å². The summed E-state index contributed by atoms with van der Waals surface area (Å²) in [7, 11) is 0. The minimum atomic E-state index is -0.454. The molecule has 0 bridgehead atoms. The van der Waals surface area contributed by atoms with E-state index < -0.39 is 4.92 Å². The zero-order valence-corrected chi connectivity index (χ0v) is 10.6. The molecule has 1 aromatic carbocycles. The summed E-state index contributed by atoms with van der Waals surface area (Å²) in [6.45, 7) is 0.694. The van der Waals surface area contributed by atoms with E-state index in [0.29, 0.717) is 12.2 Å². The number of amides is 1. The Balaban J connectivity index is 1.88. The van der Waals surface area contributed by atoms with E-state index in [1.54, 1.807) is 34.9 Å². The standard InChI is InChI=1S/C12H9N3O3S/c16-11-10(13-12-14(11)5-6-19-12)7-8-1-3-9(4-2-8)15(17)18/h1-4,7H,5-6H2/b10-7-. The Morgan fingerprint density at radius 3 is 2.74 bits per heavy atom. The molecule has 0 aromatic heterocycles. The smallest absolute Gasteiger partial charge is 0.278 e. The number of thioether (sulfide) groups is 1. The van der Waals surface area contributed by atoms with E-state index in [4.69, 9.17) is 0 Å². The topological polar surface area (TPSA) is 75.8 Å². The van der Waals surface area contributed by atoms with Crippen molar-refractivity contribution < 1.29 is 9.72 Å². The molecule has 0 aliphatic carbocycles. The van der Waals surface area contributed by atoms with Crippen molar-refractivity contribution >= 4 is 34.6 Å². The van der Waals surface area contributed by atoms with Crippen LogP contribution in [0.1, 0.15) is 5.56 Å². The number of non-ortho nitro benzene ring substituents is 1. The quantitative estimate of drug-likeness (QED) is 0.469. The molecule has 96 valence electrons. The molecule has 3 rings (SSSR count). The van der Waals surface area contributed by atoms with Crippen LogP contribution < -0.4 is 0 Å². The van der Waals surface area contributed by atoms with Gasteiger partial charge in [-0.05, 0) is 23.8 Å². The fraction of sp³-hybridized carbons (Fsp3) is 0.167. The number of carbonyl (C=O) groups excluding carboxylic acids is 1. The maximum Gasteiger partial charge on any atom is 0.278 e. The highest BCUT2D eigenvalue weighted by molar-refractivity contribution is 8.14. The van der Waals surface area contributed by atoms with Crippen LogP contribution in [0.4, 0.5) is 5.69 Å². The molecule has 2 heterocycles. The fourth-order valence-corrected chi connectivity index (χ4v) is 2.87. The number of nitro benzene ring substituents is 1. The van der Waals surface area contributed by atoms with Crippen LogP contribution in [0.25, 0.3) is 6.08 Å². The van der Waals surface area contributed by atoms with Crippen LogP contribution in [0, 0.1) is 10.1 Å². The van der Waals surface area contributed by atoms with E-state index in [2.05, 4.69) is 4.99 Å². The number of hydrogen-bond donors (Lipinski definition) is 0. The van der Waals surface area contributed by atoms with Gasteiger partial charge >= 0.3 is 0 Å². The SMILES string of the molecule is O=C1/C(=C/c2ccc([N+](=O)[O-])cc2)N=C2SCCN12. The average Bonchev–Trinajstić information content (AvgIpc) is 2.95. The van der Waals surface area contributed by atoms with Gasteiger partial charge in [0.1, 0.15) is 5.70 Å². The molecule has 19 heavy (non-hydrogen) atoms. The molecule has 0 saturated carbocycles. The van der Waals surface area contributed by atoms with Crippen LogP contribution in [-0.2, 0) is 4.79 Å². The summed E-state index contributed by atoms with van der Waals surface area (Å²) in [5.41, 5.74) is 1.14. The zero-order chi connectivity index (χ0) is 13.4. The molecule has 0 spiro atoms. The van der Waals surface area contributed by atoms with E-state index in [1.807, 2.05) is 0 Å². The first kappa shape index (κ1) is 11.9. The first-order valence-electron chi connectivity index (χ1n) is 5.65. The molecular formula is C12H9N3O3S. The third kappa shape index (κ3) is 2.12. The number of nitrogens with zero attached hydrogens (tertiary/aromatic N) is 3. The van der Waals surface area contributed by atoms with Crippen LogP contribution in [-0.4, -0.2) is 33.2 Å². The van der Waals surface area contributed by atoms with Crippen LogP contribution in [0.3, 0.4) is 0 Å². The van der Waals surface area contributed by atoms with E-state index in [-0.39, 0.29) is 11.6 Å². The van der Waals surface area contributed by atoms with E-state index in [0.717, 1.165) is 16.5 Å². The lowest BCUT2D eigenvalue weighted by molar-refractivity contribution is -0.384. The Morgan fingerprint density at radius 2 is 2.11 bits per heavy atom. The number of hydrogen-bond acceptors (Lipinski definition) is 5. The normalized spacial score (nSPS) is 19.8. The lowest BCUT2D eigenvalue weighted by Crippen LogP contribution is -2.26. The van der Waals surface area contributed by atoms with Gasteiger partial charge in [0.05, 0.1) is 4.92 Å². The molecule has 1 aromatic rings. The molecule has 7 heteroatoms. The average molecular weight is 275 g/mol. The molecule has 0 radical (unpaired) electrons. The lowest BCUT2D eigenvalue weighted by Gasteiger charge is -2.05. The third-order valence-electron chi connectivity index (χ3n) is 2.86. The maximum atomic E-state index is 12.0. The fourth-order valence-electron chi connectivity index (χ4n) is 1.92. The van der Waals surface area contributed by atoms with Gasteiger partial charge in [0.2, 0.25) is 0 Å². The highest BCUT2D eigenvalue weighted by atomic mass is 32.2. The van der Waals surface area contributed by atoms with Crippen molar-refractivity contribution in [2.45, 2.75) is 0 Å². The molecule has 0 unspecified atom stereocenters. The van der Waals surface area contributed by atoms with E-state index in [9.17, 15) is 14.9 Å². The number of aliphatic imine (C=N–C) groups is 1. The summed E-state index contributed by atoms with van der Waals surface area (Å²) in [6.07, 6.45) is 1.65. The summed E-state index contributed by atoms with van der Waals surface area (Å²) >= 11 is 1.56. The number of fused-ring (bicyclic) bond motifs is 1. The van der Waals surface area contributed by atoms with Gasteiger partial charge in [0, 0.05) is 24.4 Å². The molecule has 1 fully saturated rings.